The summed E-state index contributed by atoms with van der Waals surface area (Å²) in [5.74, 6) is -0.0377. The number of nitrogens with one attached hydrogen (secondary N) is 1. The summed E-state index contributed by atoms with van der Waals surface area (Å²) in [5.41, 5.74) is 0.704. The van der Waals surface area contributed by atoms with Crippen LogP contribution in [0.15, 0.2) is 34.8 Å². The van der Waals surface area contributed by atoms with E-state index in [9.17, 15) is 4.79 Å². The molecule has 1 N–H and O–H groups in total. The number of halogens is 2. The van der Waals surface area contributed by atoms with Crippen LogP contribution in [0.3, 0.4) is 0 Å². The van der Waals surface area contributed by atoms with E-state index >= 15 is 0 Å². The fraction of sp³-hybridized carbons (Fsp3) is 0.214. The van der Waals surface area contributed by atoms with Gasteiger partial charge in [-0.05, 0) is 66.8 Å². The van der Waals surface area contributed by atoms with E-state index in [2.05, 4.69) is 62.9 Å². The fourth-order valence-corrected chi connectivity index (χ4v) is 3.52. The van der Waals surface area contributed by atoms with Crippen molar-refractivity contribution in [1.29, 1.82) is 0 Å². The molecule has 0 aliphatic rings. The predicted octanol–water partition coefficient (Wildman–Crippen LogP) is 4.91. The van der Waals surface area contributed by atoms with Gasteiger partial charge in [0, 0.05) is 17.8 Å². The van der Waals surface area contributed by atoms with Crippen molar-refractivity contribution in [2.75, 3.05) is 0 Å². The third-order valence-corrected chi connectivity index (χ3v) is 5.33. The zero-order valence-corrected chi connectivity index (χ0v) is 15.1. The maximum atomic E-state index is 12.3. The van der Waals surface area contributed by atoms with E-state index < -0.39 is 0 Å². The molecule has 0 bridgehead atoms. The Hall–Kier alpha value is -0.400. The van der Waals surface area contributed by atoms with Crippen molar-refractivity contribution in [3.8, 4) is 0 Å². The maximum Gasteiger partial charge on any atom is 0.252 e. The molecule has 1 aromatic heterocycles. The second-order valence-electron chi connectivity index (χ2n) is 4.27. The van der Waals surface area contributed by atoms with Crippen molar-refractivity contribution in [3.63, 3.8) is 0 Å². The number of carbonyl (C=O) groups is 1. The van der Waals surface area contributed by atoms with E-state index in [-0.39, 0.29) is 11.9 Å². The molecule has 0 aliphatic carbocycles. The van der Waals surface area contributed by atoms with Gasteiger partial charge in [0.15, 0.2) is 0 Å². The second kappa shape index (κ2) is 6.37. The molecule has 19 heavy (non-hydrogen) atoms. The van der Waals surface area contributed by atoms with Gasteiger partial charge in [-0.15, -0.1) is 11.3 Å². The van der Waals surface area contributed by atoms with Crippen molar-refractivity contribution in [1.82, 2.24) is 5.32 Å². The van der Waals surface area contributed by atoms with Crippen LogP contribution < -0.4 is 5.32 Å². The molecule has 2 rings (SSSR count). The quantitative estimate of drug-likeness (QED) is 0.662. The molecular weight excluding hydrogens is 437 g/mol. The van der Waals surface area contributed by atoms with Crippen LogP contribution in [-0.4, -0.2) is 5.91 Å². The summed E-state index contributed by atoms with van der Waals surface area (Å²) in [6.07, 6.45) is 0. The minimum absolute atomic E-state index is 0.0287. The van der Waals surface area contributed by atoms with Gasteiger partial charge >= 0.3 is 0 Å². The first kappa shape index (κ1) is 15.0. The first-order valence-electron chi connectivity index (χ1n) is 5.79. The lowest BCUT2D eigenvalue weighted by Gasteiger charge is -2.13. The van der Waals surface area contributed by atoms with E-state index in [1.54, 1.807) is 11.3 Å². The monoisotopic (exact) mass is 449 g/mol. The molecule has 2 nitrogen and oxygen atoms in total. The summed E-state index contributed by atoms with van der Waals surface area (Å²) in [4.78, 5) is 14.7. The van der Waals surface area contributed by atoms with Crippen molar-refractivity contribution >= 4 is 55.8 Å². The van der Waals surface area contributed by atoms with Gasteiger partial charge in [-0.25, -0.2) is 0 Å². The molecule has 0 aliphatic heterocycles. The smallest absolute Gasteiger partial charge is 0.252 e. The van der Waals surface area contributed by atoms with Gasteiger partial charge in [-0.1, -0.05) is 15.9 Å². The summed E-state index contributed by atoms with van der Waals surface area (Å²) in [6.45, 7) is 4.08. The zero-order chi connectivity index (χ0) is 14.0. The van der Waals surface area contributed by atoms with Gasteiger partial charge in [0.25, 0.3) is 5.91 Å². The Morgan fingerprint density at radius 2 is 2.11 bits per heavy atom. The van der Waals surface area contributed by atoms with E-state index in [4.69, 9.17) is 0 Å². The molecule has 0 saturated heterocycles. The lowest BCUT2D eigenvalue weighted by atomic mass is 10.2. The Morgan fingerprint density at radius 1 is 1.37 bits per heavy atom. The van der Waals surface area contributed by atoms with Gasteiger partial charge in [0.05, 0.1) is 11.6 Å². The molecule has 1 atom stereocenters. The number of thiophene rings is 1. The van der Waals surface area contributed by atoms with Crippen LogP contribution in [0.2, 0.25) is 0 Å². The molecule has 5 heteroatoms. The van der Waals surface area contributed by atoms with Gasteiger partial charge in [0.1, 0.15) is 0 Å². The van der Waals surface area contributed by atoms with Crippen molar-refractivity contribution in [2.45, 2.75) is 19.9 Å². The highest BCUT2D eigenvalue weighted by Gasteiger charge is 2.15. The number of hydrogen-bond donors (Lipinski definition) is 1. The Bertz CT molecular complexity index is 611. The minimum atomic E-state index is -0.0377. The summed E-state index contributed by atoms with van der Waals surface area (Å²) >= 11 is 7.29. The summed E-state index contributed by atoms with van der Waals surface area (Å²) < 4.78 is 1.87. The molecule has 1 amide bonds. The normalized spacial score (nSPS) is 12.2. The Balaban J connectivity index is 2.15. The van der Waals surface area contributed by atoms with Gasteiger partial charge in [-0.3, -0.25) is 4.79 Å². The Kier molecular flexibility index (Phi) is 5.03. The van der Waals surface area contributed by atoms with Crippen molar-refractivity contribution < 1.29 is 4.79 Å². The van der Waals surface area contributed by atoms with E-state index in [0.717, 1.165) is 8.04 Å². The molecule has 1 unspecified atom stereocenters. The van der Waals surface area contributed by atoms with Crippen LogP contribution in [0.1, 0.15) is 33.1 Å². The first-order valence-corrected chi connectivity index (χ1v) is 8.48. The summed E-state index contributed by atoms with van der Waals surface area (Å²) in [5, 5.41) is 3.04. The third kappa shape index (κ3) is 3.79. The van der Waals surface area contributed by atoms with Gasteiger partial charge in [-0.2, -0.15) is 0 Å². The van der Waals surface area contributed by atoms with E-state index in [1.165, 1.54) is 9.75 Å². The Morgan fingerprint density at radius 3 is 2.74 bits per heavy atom. The summed E-state index contributed by atoms with van der Waals surface area (Å²) in [6, 6.07) is 9.89. The number of aryl methyl sites for hydroxylation is 1. The van der Waals surface area contributed by atoms with E-state index in [0.29, 0.717) is 5.56 Å². The molecule has 0 radical (unpaired) electrons. The molecule has 100 valence electrons. The van der Waals surface area contributed by atoms with Crippen LogP contribution in [0, 0.1) is 10.5 Å². The predicted molar refractivity (Wildman–Crippen MR) is 91.8 cm³/mol. The average Bonchev–Trinajstić information content (AvgIpc) is 2.79. The number of benzene rings is 1. The SMILES string of the molecule is Cc1ccc(C(C)NC(=O)c2cc(Br)ccc2I)s1. The first-order chi connectivity index (χ1) is 8.97. The molecule has 2 aromatic rings. The van der Waals surface area contributed by atoms with Crippen LogP contribution in [-0.2, 0) is 0 Å². The fourth-order valence-electron chi connectivity index (χ4n) is 1.70. The lowest BCUT2D eigenvalue weighted by Crippen LogP contribution is -2.26. The van der Waals surface area contributed by atoms with Crippen LogP contribution in [0.4, 0.5) is 0 Å². The van der Waals surface area contributed by atoms with Crippen LogP contribution in [0.5, 0.6) is 0 Å². The highest BCUT2D eigenvalue weighted by Crippen LogP contribution is 2.24. The summed E-state index contributed by atoms with van der Waals surface area (Å²) in [7, 11) is 0. The molecule has 1 aromatic carbocycles. The van der Waals surface area contributed by atoms with Gasteiger partial charge < -0.3 is 5.32 Å². The number of rotatable bonds is 3. The number of carbonyl (C=O) groups excluding carboxylic acids is 1. The highest BCUT2D eigenvalue weighted by atomic mass is 127. The number of amides is 1. The number of hydrogen-bond acceptors (Lipinski definition) is 2. The van der Waals surface area contributed by atoms with Gasteiger partial charge in [0.2, 0.25) is 0 Å². The standard InChI is InChI=1S/C14H13BrINOS/c1-8-3-6-13(19-8)9(2)17-14(18)11-7-10(15)4-5-12(11)16/h3-7,9H,1-2H3,(H,17,18). The molecular formula is C14H13BrINOS. The topological polar surface area (TPSA) is 29.1 Å². The van der Waals surface area contributed by atoms with Crippen LogP contribution in [0.25, 0.3) is 0 Å². The largest absolute Gasteiger partial charge is 0.345 e. The minimum Gasteiger partial charge on any atom is -0.345 e. The molecule has 0 saturated carbocycles. The maximum absolute atomic E-state index is 12.3. The highest BCUT2D eigenvalue weighted by molar-refractivity contribution is 14.1. The van der Waals surface area contributed by atoms with Crippen LogP contribution >= 0.6 is 49.9 Å². The lowest BCUT2D eigenvalue weighted by molar-refractivity contribution is 0.0939. The van der Waals surface area contributed by atoms with Crippen molar-refractivity contribution in [3.05, 3.63) is 53.7 Å². The average molecular weight is 450 g/mol. The molecule has 1 heterocycles. The second-order valence-corrected chi connectivity index (χ2v) is 7.67. The molecule has 0 fully saturated rings. The van der Waals surface area contributed by atoms with E-state index in [1.807, 2.05) is 25.1 Å². The van der Waals surface area contributed by atoms with Crippen molar-refractivity contribution in [2.24, 2.45) is 0 Å². The third-order valence-electron chi connectivity index (χ3n) is 2.71. The zero-order valence-electron chi connectivity index (χ0n) is 10.5. The molecule has 0 spiro atoms. The Labute approximate surface area is 138 Å².